The van der Waals surface area contributed by atoms with E-state index in [2.05, 4.69) is 12.1 Å². The Labute approximate surface area is 175 Å². The number of thiocarbonyl (C=S) groups is 1. The molecule has 0 unspecified atom stereocenters. The zero-order valence-electron chi connectivity index (χ0n) is 14.5. The third kappa shape index (κ3) is 4.06. The number of rotatable bonds is 5. The Bertz CT molecular complexity index is 1060. The van der Waals surface area contributed by atoms with Crippen molar-refractivity contribution in [2.75, 3.05) is 4.90 Å². The molecule has 1 fully saturated rings. The molecule has 2 heterocycles. The van der Waals surface area contributed by atoms with Crippen LogP contribution in [0.5, 0.6) is 0 Å². The summed E-state index contributed by atoms with van der Waals surface area (Å²) >= 11 is 7.99. The number of thioether (sulfide) groups is 2. The first-order chi connectivity index (χ1) is 13.6. The van der Waals surface area contributed by atoms with E-state index in [4.69, 9.17) is 16.6 Å². The summed E-state index contributed by atoms with van der Waals surface area (Å²) < 4.78 is 20.2. The first-order valence-electron chi connectivity index (χ1n) is 8.41. The molecule has 0 radical (unpaired) electrons. The van der Waals surface area contributed by atoms with Crippen molar-refractivity contribution in [1.82, 2.24) is 0 Å². The van der Waals surface area contributed by atoms with Crippen LogP contribution in [0.25, 0.3) is 6.08 Å². The van der Waals surface area contributed by atoms with Gasteiger partial charge in [-0.15, -0.1) is 0 Å². The number of carbonyl (C=O) groups excluding carboxylic acids is 1. The van der Waals surface area contributed by atoms with Crippen LogP contribution in [0, 0.1) is 5.82 Å². The van der Waals surface area contributed by atoms with Gasteiger partial charge >= 0.3 is 0 Å². The van der Waals surface area contributed by atoms with E-state index in [1.807, 2.05) is 30.3 Å². The molecule has 1 amide bonds. The molecule has 0 saturated carbocycles. The third-order valence-electron chi connectivity index (χ3n) is 3.99. The van der Waals surface area contributed by atoms with E-state index in [1.165, 1.54) is 22.6 Å². The van der Waals surface area contributed by atoms with E-state index in [0.717, 1.165) is 22.6 Å². The first kappa shape index (κ1) is 19.0. The molecule has 1 aliphatic heterocycles. The van der Waals surface area contributed by atoms with Crippen LogP contribution in [-0.4, -0.2) is 10.2 Å². The van der Waals surface area contributed by atoms with Gasteiger partial charge in [0.05, 0.1) is 10.6 Å². The third-order valence-corrected chi connectivity index (χ3v) is 6.27. The van der Waals surface area contributed by atoms with Crippen molar-refractivity contribution in [2.24, 2.45) is 0 Å². The second-order valence-electron chi connectivity index (χ2n) is 5.90. The largest absolute Gasteiger partial charge is 0.450 e. The summed E-state index contributed by atoms with van der Waals surface area (Å²) in [5.41, 5.74) is 1.36. The molecule has 4 rings (SSSR count). The lowest BCUT2D eigenvalue weighted by molar-refractivity contribution is -0.113. The van der Waals surface area contributed by atoms with Crippen molar-refractivity contribution in [2.45, 2.75) is 10.8 Å². The minimum absolute atomic E-state index is 0.159. The topological polar surface area (TPSA) is 33.5 Å². The Morgan fingerprint density at radius 1 is 1.07 bits per heavy atom. The summed E-state index contributed by atoms with van der Waals surface area (Å²) in [6.07, 6.45) is 1.65. The van der Waals surface area contributed by atoms with Crippen LogP contribution in [-0.2, 0) is 10.5 Å². The monoisotopic (exact) mass is 427 g/mol. The lowest BCUT2D eigenvalue weighted by Crippen LogP contribution is -2.28. The van der Waals surface area contributed by atoms with Crippen molar-refractivity contribution in [1.29, 1.82) is 0 Å². The summed E-state index contributed by atoms with van der Waals surface area (Å²) in [5.74, 6) is 0.514. The van der Waals surface area contributed by atoms with Crippen LogP contribution in [0.15, 0.2) is 81.1 Å². The fourth-order valence-corrected chi connectivity index (χ4v) is 4.74. The van der Waals surface area contributed by atoms with Gasteiger partial charge in [0.25, 0.3) is 5.91 Å². The lowest BCUT2D eigenvalue weighted by atomic mass is 10.2. The molecular formula is C21H14FNO2S3. The van der Waals surface area contributed by atoms with Gasteiger partial charge in [-0.1, -0.05) is 78.2 Å². The molecule has 0 N–H and O–H groups in total. The number of halogens is 1. The normalized spacial score (nSPS) is 15.6. The predicted molar refractivity (Wildman–Crippen MR) is 117 cm³/mol. The van der Waals surface area contributed by atoms with Gasteiger partial charge in [-0.05, 0) is 29.8 Å². The second-order valence-corrected chi connectivity index (χ2v) is 8.56. The highest BCUT2D eigenvalue weighted by molar-refractivity contribution is 8.27. The number of nitrogens with zero attached hydrogens (tertiary/aromatic N) is 1. The van der Waals surface area contributed by atoms with Crippen molar-refractivity contribution >= 4 is 57.7 Å². The zero-order valence-corrected chi connectivity index (χ0v) is 17.0. The number of anilines is 1. The first-order valence-corrected chi connectivity index (χ1v) is 10.6. The van der Waals surface area contributed by atoms with Crippen molar-refractivity contribution in [3.63, 3.8) is 0 Å². The molecule has 2 aromatic carbocycles. The van der Waals surface area contributed by atoms with E-state index in [-0.39, 0.29) is 11.6 Å². The minimum atomic E-state index is -0.488. The molecule has 3 nitrogen and oxygen atoms in total. The lowest BCUT2D eigenvalue weighted by Gasteiger charge is -2.14. The van der Waals surface area contributed by atoms with Gasteiger partial charge in [0.15, 0.2) is 9.41 Å². The average Bonchev–Trinajstić information content (AvgIpc) is 3.26. The van der Waals surface area contributed by atoms with Crippen LogP contribution < -0.4 is 4.90 Å². The molecule has 0 aliphatic carbocycles. The second kappa shape index (κ2) is 8.34. The Balaban J connectivity index is 1.49. The summed E-state index contributed by atoms with van der Waals surface area (Å²) in [4.78, 5) is 14.3. The van der Waals surface area contributed by atoms with Crippen LogP contribution >= 0.6 is 35.7 Å². The fraction of sp³-hybridized carbons (Fsp3) is 0.0476. The number of carbonyl (C=O) groups is 1. The standard InChI is InChI=1S/C21H14FNO2S3/c22-16-8-4-5-9-17(16)23-20(24)18(28-21(23)26)12-15-10-11-19(25-15)27-13-14-6-2-1-3-7-14/h1-12H,13H2. The number of hydrogen-bond donors (Lipinski definition) is 0. The summed E-state index contributed by atoms with van der Waals surface area (Å²) in [5, 5.41) is 0.764. The number of para-hydroxylation sites is 1. The highest BCUT2D eigenvalue weighted by Gasteiger charge is 2.34. The number of benzene rings is 2. The molecule has 7 heteroatoms. The molecule has 3 aromatic rings. The molecule has 0 spiro atoms. The summed E-state index contributed by atoms with van der Waals surface area (Å²) in [7, 11) is 0. The summed E-state index contributed by atoms with van der Waals surface area (Å²) in [6, 6.07) is 19.9. The van der Waals surface area contributed by atoms with E-state index >= 15 is 0 Å². The quantitative estimate of drug-likeness (QED) is 0.278. The highest BCUT2D eigenvalue weighted by Crippen LogP contribution is 2.37. The van der Waals surface area contributed by atoms with Gasteiger partial charge < -0.3 is 4.42 Å². The molecular weight excluding hydrogens is 413 g/mol. The van der Waals surface area contributed by atoms with E-state index in [9.17, 15) is 9.18 Å². The Morgan fingerprint density at radius 2 is 1.82 bits per heavy atom. The van der Waals surface area contributed by atoms with Crippen LogP contribution in [0.2, 0.25) is 0 Å². The van der Waals surface area contributed by atoms with E-state index < -0.39 is 5.82 Å². The molecule has 1 saturated heterocycles. The maximum Gasteiger partial charge on any atom is 0.270 e. The van der Waals surface area contributed by atoms with Gasteiger partial charge in [-0.25, -0.2) is 4.39 Å². The van der Waals surface area contributed by atoms with Gasteiger partial charge in [-0.2, -0.15) is 0 Å². The molecule has 28 heavy (non-hydrogen) atoms. The smallest absolute Gasteiger partial charge is 0.270 e. The SMILES string of the molecule is O=C1C(=Cc2ccc(SCc3ccccc3)o2)SC(=S)N1c1ccccc1F. The predicted octanol–water partition coefficient (Wildman–Crippen LogP) is 6.12. The minimum Gasteiger partial charge on any atom is -0.450 e. The van der Waals surface area contributed by atoms with Gasteiger partial charge in [-0.3, -0.25) is 9.69 Å². The van der Waals surface area contributed by atoms with Crippen LogP contribution in [0.1, 0.15) is 11.3 Å². The highest BCUT2D eigenvalue weighted by atomic mass is 32.2. The Hall–Kier alpha value is -2.35. The zero-order chi connectivity index (χ0) is 19.5. The maximum absolute atomic E-state index is 14.1. The fourth-order valence-electron chi connectivity index (χ4n) is 2.66. The van der Waals surface area contributed by atoms with Gasteiger partial charge in [0, 0.05) is 11.8 Å². The molecule has 1 aromatic heterocycles. The molecule has 1 aliphatic rings. The maximum atomic E-state index is 14.1. The summed E-state index contributed by atoms with van der Waals surface area (Å²) in [6.45, 7) is 0. The Kier molecular flexibility index (Phi) is 5.66. The van der Waals surface area contributed by atoms with E-state index in [0.29, 0.717) is 15.0 Å². The van der Waals surface area contributed by atoms with E-state index in [1.54, 1.807) is 30.0 Å². The Morgan fingerprint density at radius 3 is 2.61 bits per heavy atom. The number of furan rings is 1. The van der Waals surface area contributed by atoms with Crippen LogP contribution in [0.4, 0.5) is 10.1 Å². The van der Waals surface area contributed by atoms with Crippen molar-refractivity contribution in [3.8, 4) is 0 Å². The molecule has 0 bridgehead atoms. The average molecular weight is 428 g/mol. The van der Waals surface area contributed by atoms with Gasteiger partial charge in [0.1, 0.15) is 11.6 Å². The number of hydrogen-bond acceptors (Lipinski definition) is 5. The molecule has 0 atom stereocenters. The van der Waals surface area contributed by atoms with Gasteiger partial charge in [0.2, 0.25) is 0 Å². The number of amides is 1. The van der Waals surface area contributed by atoms with Crippen molar-refractivity contribution < 1.29 is 13.6 Å². The van der Waals surface area contributed by atoms with Crippen molar-refractivity contribution in [3.05, 3.63) is 88.8 Å². The molecule has 140 valence electrons. The van der Waals surface area contributed by atoms with Crippen LogP contribution in [0.3, 0.4) is 0 Å².